The molecule has 0 heterocycles. The first-order chi connectivity index (χ1) is 10.0. The van der Waals surface area contributed by atoms with E-state index >= 15 is 0 Å². The largest absolute Gasteiger partial charge is 0.416 e. The molecule has 1 aliphatic rings. The van der Waals surface area contributed by atoms with E-state index in [1.54, 1.807) is 12.1 Å². The van der Waals surface area contributed by atoms with Crippen LogP contribution in [-0.4, -0.2) is 6.04 Å². The van der Waals surface area contributed by atoms with E-state index in [1.165, 1.54) is 12.8 Å². The molecule has 0 bridgehead atoms. The summed E-state index contributed by atoms with van der Waals surface area (Å²) in [7, 11) is 0. The Morgan fingerprint density at radius 2 is 1.62 bits per heavy atom. The third-order valence-corrected chi connectivity index (χ3v) is 3.70. The second-order valence-electron chi connectivity index (χ2n) is 5.39. The van der Waals surface area contributed by atoms with Gasteiger partial charge >= 0.3 is 6.18 Å². The first kappa shape index (κ1) is 14.1. The SMILES string of the molecule is FC(F)(F)c1ccc(-c2ccccc2CNC2CC2)cc1. The van der Waals surface area contributed by atoms with Crippen LogP contribution in [0, 0.1) is 0 Å². The topological polar surface area (TPSA) is 12.0 Å². The van der Waals surface area contributed by atoms with Gasteiger partial charge in [0.05, 0.1) is 5.56 Å². The van der Waals surface area contributed by atoms with Crippen LogP contribution in [-0.2, 0) is 12.7 Å². The molecule has 1 fully saturated rings. The van der Waals surface area contributed by atoms with Crippen molar-refractivity contribution in [2.75, 3.05) is 0 Å². The average Bonchev–Trinajstić information content (AvgIpc) is 3.29. The highest BCUT2D eigenvalue weighted by atomic mass is 19.4. The van der Waals surface area contributed by atoms with Gasteiger partial charge in [0.25, 0.3) is 0 Å². The van der Waals surface area contributed by atoms with Gasteiger partial charge < -0.3 is 5.32 Å². The van der Waals surface area contributed by atoms with Crippen LogP contribution in [0.5, 0.6) is 0 Å². The Hall–Kier alpha value is -1.81. The molecule has 0 amide bonds. The number of hydrogen-bond donors (Lipinski definition) is 1. The summed E-state index contributed by atoms with van der Waals surface area (Å²) in [5.41, 5.74) is 2.31. The molecule has 2 aromatic rings. The quantitative estimate of drug-likeness (QED) is 0.866. The van der Waals surface area contributed by atoms with E-state index in [1.807, 2.05) is 24.3 Å². The van der Waals surface area contributed by atoms with Gasteiger partial charge in [0.2, 0.25) is 0 Å². The lowest BCUT2D eigenvalue weighted by atomic mass is 9.98. The standard InChI is InChI=1S/C17H16F3N/c18-17(19,20)14-7-5-12(6-8-14)16-4-2-1-3-13(16)11-21-15-9-10-15/h1-8,15,21H,9-11H2. The van der Waals surface area contributed by atoms with Crippen molar-refractivity contribution in [3.8, 4) is 11.1 Å². The highest BCUT2D eigenvalue weighted by Crippen LogP contribution is 2.32. The summed E-state index contributed by atoms with van der Waals surface area (Å²) in [6, 6.07) is 13.8. The van der Waals surface area contributed by atoms with Gasteiger partial charge in [0, 0.05) is 12.6 Å². The minimum Gasteiger partial charge on any atom is -0.310 e. The smallest absolute Gasteiger partial charge is 0.310 e. The number of halogens is 3. The molecule has 0 unspecified atom stereocenters. The molecule has 1 saturated carbocycles. The summed E-state index contributed by atoms with van der Waals surface area (Å²) in [5, 5.41) is 3.44. The Balaban J connectivity index is 1.85. The Bertz CT molecular complexity index is 613. The van der Waals surface area contributed by atoms with Crippen LogP contribution in [0.2, 0.25) is 0 Å². The van der Waals surface area contributed by atoms with E-state index in [0.29, 0.717) is 6.04 Å². The first-order valence-electron chi connectivity index (χ1n) is 7.03. The first-order valence-corrected chi connectivity index (χ1v) is 7.03. The summed E-state index contributed by atoms with van der Waals surface area (Å²) in [6.45, 7) is 0.752. The summed E-state index contributed by atoms with van der Waals surface area (Å²) >= 11 is 0. The lowest BCUT2D eigenvalue weighted by Crippen LogP contribution is -2.15. The van der Waals surface area contributed by atoms with Crippen LogP contribution in [0.1, 0.15) is 24.0 Å². The molecule has 1 aliphatic carbocycles. The number of rotatable bonds is 4. The Kier molecular flexibility index (Phi) is 3.72. The van der Waals surface area contributed by atoms with Crippen molar-refractivity contribution in [3.63, 3.8) is 0 Å². The van der Waals surface area contributed by atoms with Gasteiger partial charge in [-0.15, -0.1) is 0 Å². The normalized spacial score (nSPS) is 15.2. The lowest BCUT2D eigenvalue weighted by molar-refractivity contribution is -0.137. The van der Waals surface area contributed by atoms with Crippen LogP contribution >= 0.6 is 0 Å². The van der Waals surface area contributed by atoms with Crippen LogP contribution in [0.3, 0.4) is 0 Å². The van der Waals surface area contributed by atoms with Crippen molar-refractivity contribution in [3.05, 3.63) is 59.7 Å². The molecule has 0 atom stereocenters. The fraction of sp³-hybridized carbons (Fsp3) is 0.294. The van der Waals surface area contributed by atoms with Gasteiger partial charge in [-0.05, 0) is 41.7 Å². The summed E-state index contributed by atoms with van der Waals surface area (Å²) in [6.07, 6.45) is -1.86. The van der Waals surface area contributed by atoms with Crippen molar-refractivity contribution in [2.24, 2.45) is 0 Å². The van der Waals surface area contributed by atoms with Crippen molar-refractivity contribution in [1.29, 1.82) is 0 Å². The maximum atomic E-state index is 12.6. The van der Waals surface area contributed by atoms with Crippen molar-refractivity contribution < 1.29 is 13.2 Å². The predicted molar refractivity (Wildman–Crippen MR) is 76.7 cm³/mol. The lowest BCUT2D eigenvalue weighted by Gasteiger charge is -2.12. The molecule has 0 radical (unpaired) electrons. The average molecular weight is 291 g/mol. The van der Waals surface area contributed by atoms with Crippen molar-refractivity contribution in [1.82, 2.24) is 5.32 Å². The third kappa shape index (κ3) is 3.45. The van der Waals surface area contributed by atoms with Gasteiger partial charge in [0.1, 0.15) is 0 Å². The fourth-order valence-electron chi connectivity index (χ4n) is 2.34. The third-order valence-electron chi connectivity index (χ3n) is 3.70. The van der Waals surface area contributed by atoms with Crippen LogP contribution < -0.4 is 5.32 Å². The Labute approximate surface area is 121 Å². The molecule has 2 aromatic carbocycles. The molecule has 3 rings (SSSR count). The minimum absolute atomic E-state index is 0.602. The second-order valence-corrected chi connectivity index (χ2v) is 5.39. The van der Waals surface area contributed by atoms with Gasteiger partial charge in [-0.1, -0.05) is 36.4 Å². The van der Waals surface area contributed by atoms with Gasteiger partial charge in [-0.3, -0.25) is 0 Å². The summed E-state index contributed by atoms with van der Waals surface area (Å²) < 4.78 is 37.8. The molecule has 1 nitrogen and oxygen atoms in total. The second kappa shape index (κ2) is 5.53. The van der Waals surface area contributed by atoms with E-state index in [2.05, 4.69) is 5.32 Å². The maximum absolute atomic E-state index is 12.6. The van der Waals surface area contributed by atoms with E-state index in [0.717, 1.165) is 35.4 Å². The number of benzene rings is 2. The summed E-state index contributed by atoms with van der Waals surface area (Å²) in [5.74, 6) is 0. The van der Waals surface area contributed by atoms with Crippen LogP contribution in [0.4, 0.5) is 13.2 Å². The maximum Gasteiger partial charge on any atom is 0.416 e. The molecule has 21 heavy (non-hydrogen) atoms. The van der Waals surface area contributed by atoms with Gasteiger partial charge in [-0.25, -0.2) is 0 Å². The highest BCUT2D eigenvalue weighted by molar-refractivity contribution is 5.67. The van der Waals surface area contributed by atoms with Crippen LogP contribution in [0.25, 0.3) is 11.1 Å². The molecule has 4 heteroatoms. The van der Waals surface area contributed by atoms with Gasteiger partial charge in [0.15, 0.2) is 0 Å². The van der Waals surface area contributed by atoms with Crippen LogP contribution in [0.15, 0.2) is 48.5 Å². The Morgan fingerprint density at radius 1 is 0.952 bits per heavy atom. The molecule has 0 aromatic heterocycles. The Morgan fingerprint density at radius 3 is 2.24 bits per heavy atom. The van der Waals surface area contributed by atoms with E-state index < -0.39 is 11.7 Å². The van der Waals surface area contributed by atoms with Crippen molar-refractivity contribution in [2.45, 2.75) is 31.6 Å². The molecular weight excluding hydrogens is 275 g/mol. The van der Waals surface area contributed by atoms with E-state index in [9.17, 15) is 13.2 Å². The van der Waals surface area contributed by atoms with E-state index in [-0.39, 0.29) is 0 Å². The number of alkyl halides is 3. The van der Waals surface area contributed by atoms with E-state index in [4.69, 9.17) is 0 Å². The fourth-order valence-corrected chi connectivity index (χ4v) is 2.34. The highest BCUT2D eigenvalue weighted by Gasteiger charge is 2.30. The van der Waals surface area contributed by atoms with Crippen molar-refractivity contribution >= 4 is 0 Å². The predicted octanol–water partition coefficient (Wildman–Crippen LogP) is 4.62. The zero-order valence-electron chi connectivity index (χ0n) is 11.5. The van der Waals surface area contributed by atoms with Gasteiger partial charge in [-0.2, -0.15) is 13.2 Å². The number of nitrogens with one attached hydrogen (secondary N) is 1. The molecule has 110 valence electrons. The minimum atomic E-state index is -4.29. The monoisotopic (exact) mass is 291 g/mol. The molecule has 0 spiro atoms. The summed E-state index contributed by atoms with van der Waals surface area (Å²) in [4.78, 5) is 0. The zero-order valence-corrected chi connectivity index (χ0v) is 11.5. The molecule has 1 N–H and O–H groups in total. The molecule has 0 aliphatic heterocycles. The molecule has 0 saturated heterocycles. The molecular formula is C17H16F3N. The number of hydrogen-bond acceptors (Lipinski definition) is 1. The zero-order chi connectivity index (χ0) is 14.9.